The number of carbonyl (C=O) groups is 1. The van der Waals surface area contributed by atoms with E-state index in [1.165, 1.54) is 17.2 Å². The van der Waals surface area contributed by atoms with Gasteiger partial charge in [0, 0.05) is 42.2 Å². The highest BCUT2D eigenvalue weighted by molar-refractivity contribution is 6.20. The van der Waals surface area contributed by atoms with Gasteiger partial charge in [0.2, 0.25) is 5.78 Å². The maximum Gasteiger partial charge on any atom is 0.336 e. The van der Waals surface area contributed by atoms with Gasteiger partial charge in [-0.3, -0.25) is 9.69 Å². The third-order valence-electron chi connectivity index (χ3n) is 8.02. The SMILES string of the molecule is Cc1cc(=O)oc2c1ccc1oc(C(=O)c3cccc(OCCN4CCc5ccccc5C4)c3)c(-c3ccccc3)c12. The van der Waals surface area contributed by atoms with Gasteiger partial charge in [-0.15, -0.1) is 0 Å². The molecule has 0 fully saturated rings. The molecular weight excluding hydrogens is 526 g/mol. The molecule has 0 bridgehead atoms. The predicted octanol–water partition coefficient (Wildman–Crippen LogP) is 7.18. The third kappa shape index (κ3) is 4.80. The average Bonchev–Trinajstić information content (AvgIpc) is 3.41. The Morgan fingerprint density at radius 2 is 1.69 bits per heavy atom. The monoisotopic (exact) mass is 555 g/mol. The first-order chi connectivity index (χ1) is 20.5. The molecule has 0 radical (unpaired) electrons. The van der Waals surface area contributed by atoms with Gasteiger partial charge in [0.05, 0.1) is 5.39 Å². The minimum Gasteiger partial charge on any atom is -0.492 e. The van der Waals surface area contributed by atoms with Crippen LogP contribution < -0.4 is 10.4 Å². The molecule has 0 atom stereocenters. The fourth-order valence-electron chi connectivity index (χ4n) is 5.90. The van der Waals surface area contributed by atoms with E-state index in [4.69, 9.17) is 13.6 Å². The highest BCUT2D eigenvalue weighted by atomic mass is 16.5. The molecule has 0 spiro atoms. The molecule has 1 aliphatic rings. The highest BCUT2D eigenvalue weighted by Gasteiger charge is 2.26. The van der Waals surface area contributed by atoms with Crippen molar-refractivity contribution in [1.82, 2.24) is 4.90 Å². The summed E-state index contributed by atoms with van der Waals surface area (Å²) in [5.74, 6) is 0.547. The lowest BCUT2D eigenvalue weighted by Gasteiger charge is -2.28. The van der Waals surface area contributed by atoms with Crippen molar-refractivity contribution in [3.05, 3.63) is 135 Å². The molecule has 7 rings (SSSR count). The van der Waals surface area contributed by atoms with Crippen molar-refractivity contribution < 1.29 is 18.4 Å². The quantitative estimate of drug-likeness (QED) is 0.153. The summed E-state index contributed by atoms with van der Waals surface area (Å²) in [6, 6.07) is 30.5. The van der Waals surface area contributed by atoms with E-state index in [0.717, 1.165) is 42.6 Å². The standard InChI is InChI=1S/C36H29NO5/c1-23-20-31(38)42-35-29(23)14-15-30-33(35)32(25-9-3-2-4-10-25)36(41-30)34(39)26-12-7-13-28(21-26)40-19-18-37-17-16-24-8-5-6-11-27(24)22-37/h2-15,20-21H,16-19,22H2,1H3. The number of fused-ring (bicyclic) bond motifs is 4. The molecule has 0 saturated carbocycles. The number of carbonyl (C=O) groups excluding carboxylic acids is 1. The van der Waals surface area contributed by atoms with E-state index in [2.05, 4.69) is 29.2 Å². The zero-order chi connectivity index (χ0) is 28.6. The number of ketones is 1. The molecule has 0 amide bonds. The van der Waals surface area contributed by atoms with Crippen molar-refractivity contribution in [1.29, 1.82) is 0 Å². The topological polar surface area (TPSA) is 72.9 Å². The fraction of sp³-hybridized carbons (Fsp3) is 0.167. The molecular formula is C36H29NO5. The van der Waals surface area contributed by atoms with Crippen molar-refractivity contribution in [2.75, 3.05) is 19.7 Å². The fourth-order valence-corrected chi connectivity index (χ4v) is 5.90. The summed E-state index contributed by atoms with van der Waals surface area (Å²) in [6.07, 6.45) is 1.04. The minimum atomic E-state index is -0.445. The summed E-state index contributed by atoms with van der Waals surface area (Å²) in [6.45, 7) is 5.10. The molecule has 6 heteroatoms. The van der Waals surface area contributed by atoms with E-state index in [9.17, 15) is 9.59 Å². The summed E-state index contributed by atoms with van der Waals surface area (Å²) in [4.78, 5) is 28.8. The number of furan rings is 1. The van der Waals surface area contributed by atoms with Gasteiger partial charge < -0.3 is 13.6 Å². The first-order valence-corrected chi connectivity index (χ1v) is 14.2. The van der Waals surface area contributed by atoms with Crippen LogP contribution in [0.25, 0.3) is 33.1 Å². The molecule has 2 aromatic heterocycles. The van der Waals surface area contributed by atoms with Gasteiger partial charge in [0.1, 0.15) is 23.5 Å². The van der Waals surface area contributed by atoms with E-state index in [1.807, 2.05) is 61.5 Å². The van der Waals surface area contributed by atoms with Gasteiger partial charge in [-0.05, 0) is 59.9 Å². The van der Waals surface area contributed by atoms with Crippen molar-refractivity contribution in [2.24, 2.45) is 0 Å². The molecule has 42 heavy (non-hydrogen) atoms. The van der Waals surface area contributed by atoms with Crippen molar-refractivity contribution in [3.8, 4) is 16.9 Å². The summed E-state index contributed by atoms with van der Waals surface area (Å²) in [7, 11) is 0. The number of nitrogens with zero attached hydrogens (tertiary/aromatic N) is 1. The number of ether oxygens (including phenoxy) is 1. The summed E-state index contributed by atoms with van der Waals surface area (Å²) in [5.41, 5.74) is 5.90. The average molecular weight is 556 g/mol. The zero-order valence-corrected chi connectivity index (χ0v) is 23.3. The van der Waals surface area contributed by atoms with E-state index >= 15 is 0 Å². The van der Waals surface area contributed by atoms with E-state index < -0.39 is 5.63 Å². The van der Waals surface area contributed by atoms with Crippen molar-refractivity contribution >= 4 is 27.7 Å². The van der Waals surface area contributed by atoms with Gasteiger partial charge in [-0.25, -0.2) is 4.79 Å². The number of rotatable bonds is 7. The van der Waals surface area contributed by atoms with Gasteiger partial charge >= 0.3 is 5.63 Å². The summed E-state index contributed by atoms with van der Waals surface area (Å²) < 4.78 is 18.0. The second kappa shape index (κ2) is 10.8. The Balaban J connectivity index is 1.20. The van der Waals surface area contributed by atoms with Crippen LogP contribution in [0.1, 0.15) is 32.8 Å². The lowest BCUT2D eigenvalue weighted by atomic mass is 9.96. The maximum atomic E-state index is 14.0. The van der Waals surface area contributed by atoms with Crippen molar-refractivity contribution in [3.63, 3.8) is 0 Å². The Hall–Kier alpha value is -4.94. The van der Waals surface area contributed by atoms with Gasteiger partial charge in [0.25, 0.3) is 0 Å². The zero-order valence-electron chi connectivity index (χ0n) is 23.3. The second-order valence-electron chi connectivity index (χ2n) is 10.7. The molecule has 4 aromatic carbocycles. The molecule has 0 saturated heterocycles. The largest absolute Gasteiger partial charge is 0.492 e. The van der Waals surface area contributed by atoms with E-state index in [1.54, 1.807) is 12.1 Å². The van der Waals surface area contributed by atoms with E-state index in [-0.39, 0.29) is 11.5 Å². The van der Waals surface area contributed by atoms with Crippen LogP contribution >= 0.6 is 0 Å². The number of aryl methyl sites for hydroxylation is 1. The Morgan fingerprint density at radius 3 is 2.55 bits per heavy atom. The number of hydrogen-bond donors (Lipinski definition) is 0. The van der Waals surface area contributed by atoms with Crippen LogP contribution in [-0.4, -0.2) is 30.4 Å². The lowest BCUT2D eigenvalue weighted by Crippen LogP contribution is -2.33. The van der Waals surface area contributed by atoms with Crippen LogP contribution in [0.3, 0.4) is 0 Å². The maximum absolute atomic E-state index is 14.0. The van der Waals surface area contributed by atoms with Gasteiger partial charge in [0.15, 0.2) is 5.76 Å². The van der Waals surface area contributed by atoms with Crippen LogP contribution in [-0.2, 0) is 13.0 Å². The minimum absolute atomic E-state index is 0.192. The Kier molecular flexibility index (Phi) is 6.68. The number of benzene rings is 4. The van der Waals surface area contributed by atoms with Crippen LogP contribution in [0.4, 0.5) is 0 Å². The molecule has 1 aliphatic heterocycles. The van der Waals surface area contributed by atoms with Crippen LogP contribution in [0.5, 0.6) is 5.75 Å². The normalized spacial score (nSPS) is 13.4. The molecule has 3 heterocycles. The molecule has 0 N–H and O–H groups in total. The lowest BCUT2D eigenvalue weighted by molar-refractivity contribution is 0.101. The first kappa shape index (κ1) is 26.0. The predicted molar refractivity (Wildman–Crippen MR) is 163 cm³/mol. The highest BCUT2D eigenvalue weighted by Crippen LogP contribution is 2.40. The van der Waals surface area contributed by atoms with Crippen LogP contribution in [0, 0.1) is 6.92 Å². The number of hydrogen-bond acceptors (Lipinski definition) is 6. The molecule has 208 valence electrons. The summed E-state index contributed by atoms with van der Waals surface area (Å²) >= 11 is 0. The van der Waals surface area contributed by atoms with Gasteiger partial charge in [-0.2, -0.15) is 0 Å². The molecule has 6 nitrogen and oxygen atoms in total. The Bertz CT molecular complexity index is 2000. The first-order valence-electron chi connectivity index (χ1n) is 14.2. The van der Waals surface area contributed by atoms with E-state index in [0.29, 0.717) is 40.0 Å². The van der Waals surface area contributed by atoms with Gasteiger partial charge in [-0.1, -0.05) is 66.7 Å². The molecule has 0 unspecified atom stereocenters. The molecule has 0 aliphatic carbocycles. The third-order valence-corrected chi connectivity index (χ3v) is 8.02. The smallest absolute Gasteiger partial charge is 0.336 e. The van der Waals surface area contributed by atoms with Crippen molar-refractivity contribution in [2.45, 2.75) is 19.9 Å². The molecule has 6 aromatic rings. The Labute approximate surface area is 242 Å². The van der Waals surface area contributed by atoms with Crippen LogP contribution in [0.15, 0.2) is 111 Å². The summed E-state index contributed by atoms with van der Waals surface area (Å²) in [5, 5.41) is 1.41. The second-order valence-corrected chi connectivity index (χ2v) is 10.7. The Morgan fingerprint density at radius 1 is 0.881 bits per heavy atom. The van der Waals surface area contributed by atoms with Crippen LogP contribution in [0.2, 0.25) is 0 Å².